The average Bonchev–Trinajstić information content (AvgIpc) is 3.35. The van der Waals surface area contributed by atoms with Gasteiger partial charge in [0, 0.05) is 76.1 Å². The van der Waals surface area contributed by atoms with Crippen LogP contribution in [0.25, 0.3) is 0 Å². The highest BCUT2D eigenvalue weighted by atomic mass is 33.1. The first-order valence-corrected chi connectivity index (χ1v) is 27.3. The van der Waals surface area contributed by atoms with Gasteiger partial charge < -0.3 is 100 Å². The Morgan fingerprint density at radius 2 is 0.736 bits per heavy atom. The van der Waals surface area contributed by atoms with E-state index in [9.17, 15) is 60.0 Å². The van der Waals surface area contributed by atoms with E-state index in [1.54, 1.807) is 0 Å². The van der Waals surface area contributed by atoms with Crippen molar-refractivity contribution in [2.45, 2.75) is 151 Å². The van der Waals surface area contributed by atoms with Gasteiger partial charge in [-0.15, -0.1) is 0 Å². The number of carbonyl (C=O) groups excluding carboxylic acids is 4. The summed E-state index contributed by atoms with van der Waals surface area (Å²) in [7, 11) is 5.65. The molecule has 9 unspecified atom stereocenters. The van der Waals surface area contributed by atoms with Crippen LogP contribution in [0, 0.1) is 23.7 Å². The number of nitrogens with one attached hydrogen (secondary N) is 4. The Morgan fingerprint density at radius 3 is 1.01 bits per heavy atom. The average molecular weight is 1080 g/mol. The molecule has 0 saturated carbocycles. The van der Waals surface area contributed by atoms with Crippen molar-refractivity contribution in [3.05, 3.63) is 0 Å². The minimum Gasteiger partial charge on any atom is -0.394 e. The molecular formula is C46H82N4O20S2. The van der Waals surface area contributed by atoms with E-state index >= 15 is 0 Å². The summed E-state index contributed by atoms with van der Waals surface area (Å²) in [4.78, 5) is 50.5. The van der Waals surface area contributed by atoms with Crippen LogP contribution in [-0.4, -0.2) is 254 Å². The zero-order valence-electron chi connectivity index (χ0n) is 42.2. The number of amides is 4. The highest BCUT2D eigenvalue weighted by Gasteiger charge is 2.50. The van der Waals surface area contributed by atoms with Gasteiger partial charge in [0.05, 0.1) is 151 Å². The molecule has 4 fully saturated rings. The second-order valence-corrected chi connectivity index (χ2v) is 21.5. The molecule has 4 rings (SSSR count). The van der Waals surface area contributed by atoms with Crippen molar-refractivity contribution in [1.29, 1.82) is 0 Å². The molecule has 72 heavy (non-hydrogen) atoms. The molecule has 418 valence electrons. The number of methoxy groups -OCH3 is 2. The predicted molar refractivity (Wildman–Crippen MR) is 260 cm³/mol. The van der Waals surface area contributed by atoms with Gasteiger partial charge in [-0.25, -0.2) is 0 Å². The summed E-state index contributed by atoms with van der Waals surface area (Å²) in [5.41, 5.74) is 0. The molecule has 12 N–H and O–H groups in total. The first kappa shape index (κ1) is 62.5. The van der Waals surface area contributed by atoms with Crippen molar-refractivity contribution in [2.75, 3.05) is 91.8 Å². The number of hydrogen-bond acceptors (Lipinski definition) is 22. The van der Waals surface area contributed by atoms with E-state index < -0.39 is 159 Å². The zero-order chi connectivity index (χ0) is 53.1. The normalized spacial score (nSPS) is 37.1. The van der Waals surface area contributed by atoms with Crippen molar-refractivity contribution < 1.29 is 97.9 Å². The third-order valence-electron chi connectivity index (χ3n) is 13.9. The Hall–Kier alpha value is -2.06. The van der Waals surface area contributed by atoms with Gasteiger partial charge in [0.2, 0.25) is 23.6 Å². The highest BCUT2D eigenvalue weighted by molar-refractivity contribution is 8.76. The summed E-state index contributed by atoms with van der Waals surface area (Å²) >= 11 is 0. The van der Waals surface area contributed by atoms with E-state index in [2.05, 4.69) is 21.3 Å². The number of carbonyl (C=O) groups is 4. The topological polar surface area (TPSA) is 352 Å². The van der Waals surface area contributed by atoms with E-state index in [0.717, 1.165) is 0 Å². The molecule has 24 nitrogen and oxygen atoms in total. The quantitative estimate of drug-likeness (QED) is 0.0253. The minimum absolute atomic E-state index is 0.0733. The van der Waals surface area contributed by atoms with Crippen LogP contribution in [0.1, 0.15) is 53.4 Å². The van der Waals surface area contributed by atoms with Crippen molar-refractivity contribution in [1.82, 2.24) is 21.3 Å². The summed E-state index contributed by atoms with van der Waals surface area (Å²) in [5, 5.41) is 97.0. The molecule has 20 atom stereocenters. The Bertz CT molecular complexity index is 1520. The van der Waals surface area contributed by atoms with Gasteiger partial charge in [0.1, 0.15) is 12.2 Å². The van der Waals surface area contributed by atoms with E-state index in [1.807, 2.05) is 13.8 Å². The minimum atomic E-state index is -1.19. The van der Waals surface area contributed by atoms with Crippen LogP contribution in [0.4, 0.5) is 0 Å². The molecular weight excluding hydrogens is 993 g/mol. The van der Waals surface area contributed by atoms with Crippen LogP contribution in [-0.2, 0) is 57.1 Å². The first-order chi connectivity index (χ1) is 34.5. The van der Waals surface area contributed by atoms with E-state index in [-0.39, 0.29) is 64.3 Å². The van der Waals surface area contributed by atoms with Gasteiger partial charge in [-0.05, 0) is 12.8 Å². The van der Waals surface area contributed by atoms with Gasteiger partial charge >= 0.3 is 0 Å². The SMILES string of the molecule is CC[C@@H]1OC(CO)[C@@H](COC[C@@H]2OC(CO)[C@@H](COC)[C@@H](O)C2NC(C)=O)C(O)[C@@H]1NC(=O)CCSSCCC(=O)NC1C(O)[C@H](COC[C@@H]2OC(CO)[C@@H](COC)C(O)C2NC(C)=O)[C@H](CO)O[C@@H]1CC. The number of ether oxygens (including phenoxy) is 8. The Morgan fingerprint density at radius 1 is 0.444 bits per heavy atom. The van der Waals surface area contributed by atoms with Crippen LogP contribution in [0.3, 0.4) is 0 Å². The van der Waals surface area contributed by atoms with Gasteiger partial charge in [-0.3, -0.25) is 19.2 Å². The van der Waals surface area contributed by atoms with Crippen LogP contribution < -0.4 is 21.3 Å². The second kappa shape index (κ2) is 31.9. The number of hydrogen-bond donors (Lipinski definition) is 12. The fourth-order valence-corrected chi connectivity index (χ4v) is 12.1. The van der Waals surface area contributed by atoms with Crippen LogP contribution in [0.2, 0.25) is 0 Å². The predicted octanol–water partition coefficient (Wildman–Crippen LogP) is -3.78. The number of rotatable bonds is 29. The van der Waals surface area contributed by atoms with Gasteiger partial charge in [0.15, 0.2) is 0 Å². The lowest BCUT2D eigenvalue weighted by Crippen LogP contribution is -2.64. The first-order valence-electron chi connectivity index (χ1n) is 24.8. The number of aliphatic hydroxyl groups is 8. The maximum Gasteiger partial charge on any atom is 0.221 e. The van der Waals surface area contributed by atoms with Crippen molar-refractivity contribution in [3.63, 3.8) is 0 Å². The molecule has 0 radical (unpaired) electrons. The van der Waals surface area contributed by atoms with Crippen LogP contribution in [0.15, 0.2) is 0 Å². The monoisotopic (exact) mass is 1070 g/mol. The molecule has 4 aliphatic heterocycles. The van der Waals surface area contributed by atoms with Gasteiger partial charge in [-0.2, -0.15) is 0 Å². The van der Waals surface area contributed by atoms with Crippen molar-refractivity contribution >= 4 is 45.2 Å². The summed E-state index contributed by atoms with van der Waals surface area (Å²) in [6.07, 6.45) is -9.89. The molecule has 4 amide bonds. The molecule has 0 aromatic heterocycles. The molecule has 0 spiro atoms. The molecule has 26 heteroatoms. The van der Waals surface area contributed by atoms with Crippen molar-refractivity contribution in [3.8, 4) is 0 Å². The Kier molecular flexibility index (Phi) is 27.6. The molecule has 0 aromatic carbocycles. The van der Waals surface area contributed by atoms with Gasteiger partial charge in [-0.1, -0.05) is 35.4 Å². The van der Waals surface area contributed by atoms with E-state index in [1.165, 1.54) is 49.7 Å². The highest BCUT2D eigenvalue weighted by Crippen LogP contribution is 2.33. The Labute approximate surface area is 429 Å². The number of aliphatic hydroxyl groups excluding tert-OH is 8. The summed E-state index contributed by atoms with van der Waals surface area (Å²) in [6.45, 7) is 4.14. The van der Waals surface area contributed by atoms with Crippen LogP contribution >= 0.6 is 21.6 Å². The van der Waals surface area contributed by atoms with E-state index in [4.69, 9.17) is 37.9 Å². The van der Waals surface area contributed by atoms with Gasteiger partial charge in [0.25, 0.3) is 0 Å². The molecule has 4 heterocycles. The molecule has 0 aliphatic carbocycles. The summed E-state index contributed by atoms with van der Waals surface area (Å²) in [5.74, 6) is -3.61. The molecule has 0 aromatic rings. The fourth-order valence-electron chi connectivity index (χ4n) is 10.1. The lowest BCUT2D eigenvalue weighted by molar-refractivity contribution is -0.205. The third-order valence-corrected chi connectivity index (χ3v) is 16.3. The largest absolute Gasteiger partial charge is 0.394 e. The Balaban J connectivity index is 1.23. The molecule has 4 saturated heterocycles. The standard InChI is InChI=1S/C46H82N4O20S2/c1-7-29-39(45(61)27(33(15-53)67-29)19-65-21-35-41(47-23(3)55)43(59)25(17-63-5)31(13-51)69-35)49-37(57)9-11-71-72-12-10-38(58)50-40-30(8-2)68-34(16-54)28(46(40)62)20-66-22-36-42(48-24(4)56)44(60)26(18-64-6)32(14-52)70-36/h25-36,39-46,51-54,59-62H,7-22H2,1-6H3,(H,47,55)(H,48,56)(H,49,57)(H,50,58)/t25-,26-,27-,28-,29-,30+,31?,32?,33+,34?,35+,36+,39?,40-,41?,42?,43?,44-,45?,46?/m1/s1. The maximum atomic E-state index is 13.2. The third kappa shape index (κ3) is 17.2. The van der Waals surface area contributed by atoms with Crippen molar-refractivity contribution in [2.24, 2.45) is 23.7 Å². The fraction of sp³-hybridized carbons (Fsp3) is 0.913. The maximum absolute atomic E-state index is 13.2. The zero-order valence-corrected chi connectivity index (χ0v) is 43.8. The van der Waals surface area contributed by atoms with E-state index in [0.29, 0.717) is 24.3 Å². The van der Waals surface area contributed by atoms with Crippen LogP contribution in [0.5, 0.6) is 0 Å². The lowest BCUT2D eigenvalue weighted by Gasteiger charge is -2.46. The summed E-state index contributed by atoms with van der Waals surface area (Å²) < 4.78 is 46.7. The molecule has 4 aliphatic rings. The summed E-state index contributed by atoms with van der Waals surface area (Å²) in [6, 6.07) is -3.46. The lowest BCUT2D eigenvalue weighted by atomic mass is 9.84. The smallest absolute Gasteiger partial charge is 0.221 e. The molecule has 0 bridgehead atoms. The second-order valence-electron chi connectivity index (χ2n) is 18.8.